The lowest BCUT2D eigenvalue weighted by molar-refractivity contribution is -0.297. The van der Waals surface area contributed by atoms with Crippen LogP contribution in [0.2, 0.25) is 0 Å². The van der Waals surface area contributed by atoms with E-state index in [0.29, 0.717) is 6.08 Å². The minimum atomic E-state index is -1.35. The Morgan fingerprint density at radius 3 is 2.00 bits per heavy atom. The van der Waals surface area contributed by atoms with Crippen molar-refractivity contribution in [1.82, 2.24) is 0 Å². The molecule has 0 saturated carbocycles. The number of carboxylic acid groups (broad SMARTS) is 1. The Kier molecular flexibility index (Phi) is 2.54. The highest BCUT2D eigenvalue weighted by molar-refractivity contribution is 5.93. The van der Waals surface area contributed by atoms with E-state index in [1.165, 1.54) is 6.92 Å². The largest absolute Gasteiger partial charge is 0.545 e. The van der Waals surface area contributed by atoms with E-state index in [1.54, 1.807) is 0 Å². The van der Waals surface area contributed by atoms with Gasteiger partial charge in [-0.3, -0.25) is 4.79 Å². The molecule has 0 aliphatic heterocycles. The minimum absolute atomic E-state index is 0.297. The number of ketones is 1. The molecule has 0 bridgehead atoms. The summed E-state index contributed by atoms with van der Waals surface area (Å²) in [5.74, 6) is -1.64. The Morgan fingerprint density at radius 1 is 1.38 bits per heavy atom. The van der Waals surface area contributed by atoms with Crippen LogP contribution in [-0.4, -0.2) is 11.8 Å². The Morgan fingerprint density at radius 2 is 1.88 bits per heavy atom. The average molecular weight is 113 g/mol. The third-order valence-electron chi connectivity index (χ3n) is 0.454. The van der Waals surface area contributed by atoms with Crippen LogP contribution in [0.4, 0.5) is 0 Å². The van der Waals surface area contributed by atoms with Crippen molar-refractivity contribution >= 4 is 11.8 Å². The van der Waals surface area contributed by atoms with Gasteiger partial charge in [0, 0.05) is 0 Å². The van der Waals surface area contributed by atoms with E-state index in [-0.39, 0.29) is 5.78 Å². The van der Waals surface area contributed by atoms with Gasteiger partial charge in [0.05, 0.1) is 5.97 Å². The van der Waals surface area contributed by atoms with E-state index in [4.69, 9.17) is 0 Å². The molecule has 0 amide bonds. The molecule has 0 rings (SSSR count). The van der Waals surface area contributed by atoms with Crippen molar-refractivity contribution < 1.29 is 14.7 Å². The van der Waals surface area contributed by atoms with Crippen molar-refractivity contribution in [2.75, 3.05) is 0 Å². The van der Waals surface area contributed by atoms with Gasteiger partial charge in [-0.2, -0.15) is 0 Å². The highest BCUT2D eigenvalue weighted by atomic mass is 16.4. The molecule has 3 heteroatoms. The topological polar surface area (TPSA) is 57.2 Å². The summed E-state index contributed by atoms with van der Waals surface area (Å²) >= 11 is 0. The van der Waals surface area contributed by atoms with Crippen molar-refractivity contribution in [2.24, 2.45) is 0 Å². The minimum Gasteiger partial charge on any atom is -0.545 e. The second kappa shape index (κ2) is 2.96. The molecule has 8 heavy (non-hydrogen) atoms. The number of allylic oxidation sites excluding steroid dienone is 1. The van der Waals surface area contributed by atoms with Crippen LogP contribution in [0.3, 0.4) is 0 Å². The fourth-order valence-electron chi connectivity index (χ4n) is 0.185. The monoisotopic (exact) mass is 113 g/mol. The predicted molar refractivity (Wildman–Crippen MR) is 24.8 cm³/mol. The Balaban J connectivity index is 3.67. The Labute approximate surface area is 46.6 Å². The average Bonchev–Trinajstić information content (AvgIpc) is 1.61. The molecule has 0 aromatic rings. The highest BCUT2D eigenvalue weighted by Gasteiger charge is 1.78. The summed E-state index contributed by atoms with van der Waals surface area (Å²) < 4.78 is 0. The van der Waals surface area contributed by atoms with E-state index in [9.17, 15) is 14.7 Å². The van der Waals surface area contributed by atoms with Gasteiger partial charge in [0.2, 0.25) is 0 Å². The number of hydrogen-bond donors (Lipinski definition) is 0. The zero-order valence-corrected chi connectivity index (χ0v) is 4.38. The lowest BCUT2D eigenvalue weighted by atomic mass is 10.4. The first-order chi connectivity index (χ1) is 3.63. The fraction of sp³-hybridized carbons (Fsp3) is 0.200. The lowest BCUT2D eigenvalue weighted by Crippen LogP contribution is -2.18. The van der Waals surface area contributed by atoms with Gasteiger partial charge in [-0.05, 0) is 19.1 Å². The van der Waals surface area contributed by atoms with Crippen LogP contribution >= 0.6 is 0 Å². The van der Waals surface area contributed by atoms with Crippen molar-refractivity contribution in [3.05, 3.63) is 12.2 Å². The zero-order valence-electron chi connectivity index (χ0n) is 4.38. The number of aliphatic carboxylic acids is 1. The van der Waals surface area contributed by atoms with Crippen molar-refractivity contribution in [3.63, 3.8) is 0 Å². The Hall–Kier alpha value is -1.12. The van der Waals surface area contributed by atoms with Crippen LogP contribution in [0.5, 0.6) is 0 Å². The molecule has 0 fully saturated rings. The number of rotatable bonds is 2. The normalized spacial score (nSPS) is 9.62. The molecule has 0 spiro atoms. The quantitative estimate of drug-likeness (QED) is 0.426. The lowest BCUT2D eigenvalue weighted by Gasteiger charge is -1.85. The van der Waals surface area contributed by atoms with Crippen molar-refractivity contribution in [3.8, 4) is 0 Å². The van der Waals surface area contributed by atoms with Gasteiger partial charge in [-0.15, -0.1) is 0 Å². The van der Waals surface area contributed by atoms with E-state index in [1.807, 2.05) is 0 Å². The molecule has 0 N–H and O–H groups in total. The second-order valence-corrected chi connectivity index (χ2v) is 1.26. The standard InChI is InChI=1S/C5H6O3/c1-4(6)2-3-5(7)8/h2-3H,1H3,(H,7,8)/p-1/b3-2-. The summed E-state index contributed by atoms with van der Waals surface area (Å²) in [6.45, 7) is 1.26. The maximum atomic E-state index is 9.97. The smallest absolute Gasteiger partial charge is 0.152 e. The van der Waals surface area contributed by atoms with Gasteiger partial charge >= 0.3 is 0 Å². The van der Waals surface area contributed by atoms with E-state index >= 15 is 0 Å². The molecule has 0 atom stereocenters. The van der Waals surface area contributed by atoms with Gasteiger partial charge < -0.3 is 9.90 Å². The number of carbonyl (C=O) groups is 2. The van der Waals surface area contributed by atoms with Crippen LogP contribution in [0.25, 0.3) is 0 Å². The molecule has 0 unspecified atom stereocenters. The second-order valence-electron chi connectivity index (χ2n) is 1.26. The van der Waals surface area contributed by atoms with Crippen LogP contribution in [0, 0.1) is 0 Å². The third-order valence-corrected chi connectivity index (χ3v) is 0.454. The predicted octanol–water partition coefficient (Wildman–Crippen LogP) is -1.12. The molecule has 0 aliphatic rings. The van der Waals surface area contributed by atoms with E-state index < -0.39 is 5.97 Å². The van der Waals surface area contributed by atoms with Crippen LogP contribution < -0.4 is 5.11 Å². The summed E-state index contributed by atoms with van der Waals surface area (Å²) in [5.41, 5.74) is 0. The molecular formula is C5H5O3-. The molecule has 0 heterocycles. The summed E-state index contributed by atoms with van der Waals surface area (Å²) in [6, 6.07) is 0. The third kappa shape index (κ3) is 4.88. The number of hydrogen-bond acceptors (Lipinski definition) is 3. The first-order valence-electron chi connectivity index (χ1n) is 2.02. The first-order valence-corrected chi connectivity index (χ1v) is 2.02. The maximum Gasteiger partial charge on any atom is 0.152 e. The van der Waals surface area contributed by atoms with Crippen LogP contribution in [-0.2, 0) is 9.59 Å². The van der Waals surface area contributed by atoms with Gasteiger partial charge in [0.1, 0.15) is 0 Å². The summed E-state index contributed by atoms with van der Waals surface area (Å²) in [7, 11) is 0. The Bertz CT molecular complexity index is 119. The van der Waals surface area contributed by atoms with Gasteiger partial charge in [0.25, 0.3) is 0 Å². The summed E-state index contributed by atoms with van der Waals surface area (Å²) in [5, 5.41) is 9.55. The molecule has 0 radical (unpaired) electrons. The molecular weight excluding hydrogens is 108 g/mol. The summed E-state index contributed by atoms with van der Waals surface area (Å²) in [4.78, 5) is 19.5. The van der Waals surface area contributed by atoms with E-state index in [0.717, 1.165) is 6.08 Å². The van der Waals surface area contributed by atoms with Crippen LogP contribution in [0.15, 0.2) is 12.2 Å². The fourth-order valence-corrected chi connectivity index (χ4v) is 0.185. The van der Waals surface area contributed by atoms with Crippen molar-refractivity contribution in [2.45, 2.75) is 6.92 Å². The van der Waals surface area contributed by atoms with Gasteiger partial charge in [0.15, 0.2) is 5.78 Å². The van der Waals surface area contributed by atoms with Gasteiger partial charge in [-0.1, -0.05) is 0 Å². The molecule has 44 valence electrons. The van der Waals surface area contributed by atoms with E-state index in [2.05, 4.69) is 0 Å². The number of carboxylic acids is 1. The van der Waals surface area contributed by atoms with Gasteiger partial charge in [-0.25, -0.2) is 0 Å². The summed E-state index contributed by atoms with van der Waals surface area (Å²) in [6.07, 6.45) is 1.64. The SMILES string of the molecule is CC(=O)/C=C\C(=O)[O-]. The first kappa shape index (κ1) is 6.88. The molecule has 0 aromatic heterocycles. The zero-order chi connectivity index (χ0) is 6.57. The molecule has 0 aromatic carbocycles. The molecule has 0 saturated heterocycles. The molecule has 0 aliphatic carbocycles. The van der Waals surface area contributed by atoms with Crippen molar-refractivity contribution in [1.29, 1.82) is 0 Å². The molecule has 3 nitrogen and oxygen atoms in total. The maximum absolute atomic E-state index is 9.97. The van der Waals surface area contributed by atoms with Crippen LogP contribution in [0.1, 0.15) is 6.92 Å². The number of carbonyl (C=O) groups excluding carboxylic acids is 2. The highest BCUT2D eigenvalue weighted by Crippen LogP contribution is 1.70.